The number of nitrogens with one attached hydrogen (secondary N) is 1. The highest BCUT2D eigenvalue weighted by molar-refractivity contribution is 7.92. The van der Waals surface area contributed by atoms with E-state index in [-0.39, 0.29) is 16.7 Å². The largest absolute Gasteiger partial charge is 0.501 e. The van der Waals surface area contributed by atoms with E-state index >= 15 is 0 Å². The molecule has 1 atom stereocenters. The number of rotatable bonds is 6. The molecule has 34 heavy (non-hydrogen) atoms. The Morgan fingerprint density at radius 3 is 1.97 bits per heavy atom. The fourth-order valence-electron chi connectivity index (χ4n) is 3.63. The van der Waals surface area contributed by atoms with Gasteiger partial charge in [-0.1, -0.05) is 48.5 Å². The first-order valence-corrected chi connectivity index (χ1v) is 11.5. The fraction of sp³-hybridized carbons (Fsp3) is 0.167. The van der Waals surface area contributed by atoms with Crippen molar-refractivity contribution < 1.29 is 31.2 Å². The van der Waals surface area contributed by atoms with Crippen molar-refractivity contribution in [2.24, 2.45) is 5.73 Å². The van der Waals surface area contributed by atoms with Gasteiger partial charge in [0.05, 0.1) is 10.8 Å². The number of carbonyl (C=O) groups is 2. The quantitative estimate of drug-likeness (QED) is 0.532. The van der Waals surface area contributed by atoms with Gasteiger partial charge >= 0.3 is 5.51 Å². The van der Waals surface area contributed by atoms with E-state index in [2.05, 4.69) is 5.32 Å². The number of alkyl halides is 3. The Morgan fingerprint density at radius 2 is 1.44 bits per heavy atom. The number of halogens is 3. The maximum Gasteiger partial charge on any atom is 0.501 e. The van der Waals surface area contributed by atoms with E-state index in [1.807, 2.05) is 6.07 Å². The van der Waals surface area contributed by atoms with Gasteiger partial charge in [-0.2, -0.15) is 13.2 Å². The highest BCUT2D eigenvalue weighted by Gasteiger charge is 2.46. The lowest BCUT2D eigenvalue weighted by atomic mass is 9.87. The number of benzene rings is 3. The standard InChI is InChI=1S/C24H21F3N2O4S/c1-14-6-5-7-15(2)21(14)29-23(31)20(18-8-3-4-9-19(18)22(28)30)16-10-12-17(13-11-16)34(32,33)24(25,26)27/h3-13,20H,1-2H3,(H2,28,30)(H,29,31). The normalized spacial score (nSPS) is 12.7. The van der Waals surface area contributed by atoms with E-state index in [0.717, 1.165) is 35.4 Å². The van der Waals surface area contributed by atoms with Gasteiger partial charge < -0.3 is 11.1 Å². The summed E-state index contributed by atoms with van der Waals surface area (Å²) >= 11 is 0. The predicted molar refractivity (Wildman–Crippen MR) is 121 cm³/mol. The summed E-state index contributed by atoms with van der Waals surface area (Å²) in [5, 5.41) is 2.82. The van der Waals surface area contributed by atoms with Crippen molar-refractivity contribution in [1.82, 2.24) is 0 Å². The molecule has 0 saturated carbocycles. The van der Waals surface area contributed by atoms with Gasteiger partial charge in [0.2, 0.25) is 11.8 Å². The summed E-state index contributed by atoms with van der Waals surface area (Å²) in [7, 11) is -5.56. The molecular formula is C24H21F3N2O4S. The van der Waals surface area contributed by atoms with Gasteiger partial charge in [-0.3, -0.25) is 9.59 Å². The fourth-order valence-corrected chi connectivity index (χ4v) is 4.39. The minimum Gasteiger partial charge on any atom is -0.366 e. The Labute approximate surface area is 194 Å². The molecule has 0 saturated heterocycles. The summed E-state index contributed by atoms with van der Waals surface area (Å²) in [5.74, 6) is -2.53. The molecule has 0 heterocycles. The Kier molecular flexibility index (Phi) is 6.83. The van der Waals surface area contributed by atoms with E-state index in [1.54, 1.807) is 38.1 Å². The van der Waals surface area contributed by atoms with Gasteiger partial charge in [0.25, 0.3) is 9.84 Å². The molecule has 0 bridgehead atoms. The van der Waals surface area contributed by atoms with Crippen LogP contribution in [0.1, 0.15) is 38.5 Å². The number of aryl methyl sites for hydroxylation is 2. The summed E-state index contributed by atoms with van der Waals surface area (Å²) in [4.78, 5) is 24.5. The highest BCUT2D eigenvalue weighted by atomic mass is 32.2. The van der Waals surface area contributed by atoms with Crippen LogP contribution in [-0.2, 0) is 14.6 Å². The van der Waals surface area contributed by atoms with Crippen molar-refractivity contribution in [1.29, 1.82) is 0 Å². The lowest BCUT2D eigenvalue weighted by Gasteiger charge is -2.21. The van der Waals surface area contributed by atoms with Crippen LogP contribution < -0.4 is 11.1 Å². The van der Waals surface area contributed by atoms with Gasteiger partial charge in [0.1, 0.15) is 0 Å². The van der Waals surface area contributed by atoms with E-state index in [0.29, 0.717) is 5.69 Å². The molecule has 0 fully saturated rings. The lowest BCUT2D eigenvalue weighted by Crippen LogP contribution is -2.26. The third kappa shape index (κ3) is 4.81. The van der Waals surface area contributed by atoms with E-state index in [1.165, 1.54) is 12.1 Å². The molecule has 3 aromatic rings. The average Bonchev–Trinajstić information content (AvgIpc) is 2.76. The van der Waals surface area contributed by atoms with Gasteiger partial charge in [0.15, 0.2) is 0 Å². The summed E-state index contributed by atoms with van der Waals surface area (Å²) in [6.07, 6.45) is 0. The minimum absolute atomic E-state index is 0.0520. The minimum atomic E-state index is -5.56. The van der Waals surface area contributed by atoms with Crippen LogP contribution in [0.3, 0.4) is 0 Å². The molecule has 0 radical (unpaired) electrons. The molecule has 0 aliphatic carbocycles. The SMILES string of the molecule is Cc1cccc(C)c1NC(=O)C(c1ccc(S(=O)(=O)C(F)(F)F)cc1)c1ccccc1C(N)=O. The van der Waals surface area contributed by atoms with Crippen molar-refractivity contribution in [3.63, 3.8) is 0 Å². The van der Waals surface area contributed by atoms with Crippen LogP contribution >= 0.6 is 0 Å². The van der Waals surface area contributed by atoms with Crippen LogP contribution in [0.4, 0.5) is 18.9 Å². The van der Waals surface area contributed by atoms with E-state index < -0.39 is 38.0 Å². The number of carbonyl (C=O) groups excluding carboxylic acids is 2. The molecule has 3 rings (SSSR count). The van der Waals surface area contributed by atoms with Crippen molar-refractivity contribution in [2.45, 2.75) is 30.2 Å². The second kappa shape index (κ2) is 9.30. The molecule has 178 valence electrons. The number of sulfone groups is 1. The molecule has 3 aromatic carbocycles. The molecule has 3 N–H and O–H groups in total. The monoisotopic (exact) mass is 490 g/mol. The predicted octanol–water partition coefficient (Wildman–Crippen LogP) is 4.47. The highest BCUT2D eigenvalue weighted by Crippen LogP contribution is 2.34. The first kappa shape index (κ1) is 25.0. The Hall–Kier alpha value is -3.66. The van der Waals surface area contributed by atoms with Gasteiger partial charge in [-0.25, -0.2) is 8.42 Å². The summed E-state index contributed by atoms with van der Waals surface area (Å²) in [6, 6.07) is 15.3. The number of primary amides is 1. The van der Waals surface area contributed by atoms with Crippen molar-refractivity contribution in [2.75, 3.05) is 5.32 Å². The topological polar surface area (TPSA) is 106 Å². The maximum absolute atomic E-state index is 13.5. The van der Waals surface area contributed by atoms with Crippen LogP contribution in [-0.4, -0.2) is 25.7 Å². The Balaban J connectivity index is 2.13. The molecule has 2 amide bonds. The van der Waals surface area contributed by atoms with Crippen molar-refractivity contribution in [3.05, 3.63) is 94.5 Å². The zero-order valence-corrected chi connectivity index (χ0v) is 19.0. The third-order valence-electron chi connectivity index (χ3n) is 5.36. The Morgan fingerprint density at radius 1 is 0.882 bits per heavy atom. The number of hydrogen-bond donors (Lipinski definition) is 2. The molecule has 6 nitrogen and oxygen atoms in total. The van der Waals surface area contributed by atoms with Crippen LogP contribution in [0.2, 0.25) is 0 Å². The zero-order chi connectivity index (χ0) is 25.3. The smallest absolute Gasteiger partial charge is 0.366 e. The number of para-hydroxylation sites is 1. The number of anilines is 1. The molecule has 10 heteroatoms. The number of amides is 2. The summed E-state index contributed by atoms with van der Waals surface area (Å²) in [5.41, 5.74) is 2.58. The van der Waals surface area contributed by atoms with Crippen molar-refractivity contribution in [3.8, 4) is 0 Å². The second-order valence-electron chi connectivity index (χ2n) is 7.66. The van der Waals surface area contributed by atoms with Gasteiger partial charge in [-0.05, 0) is 54.3 Å². The van der Waals surface area contributed by atoms with Crippen LogP contribution in [0, 0.1) is 13.8 Å². The van der Waals surface area contributed by atoms with Crippen LogP contribution in [0.25, 0.3) is 0 Å². The molecule has 0 aliphatic heterocycles. The average molecular weight is 491 g/mol. The van der Waals surface area contributed by atoms with E-state index in [4.69, 9.17) is 5.73 Å². The molecule has 1 unspecified atom stereocenters. The van der Waals surface area contributed by atoms with Crippen LogP contribution in [0.15, 0.2) is 71.6 Å². The summed E-state index contributed by atoms with van der Waals surface area (Å²) in [6.45, 7) is 3.59. The molecular weight excluding hydrogens is 469 g/mol. The third-order valence-corrected chi connectivity index (χ3v) is 6.86. The first-order chi connectivity index (χ1) is 15.8. The molecule has 0 spiro atoms. The Bertz CT molecular complexity index is 1330. The van der Waals surface area contributed by atoms with E-state index in [9.17, 15) is 31.2 Å². The van der Waals surface area contributed by atoms with Gasteiger partial charge in [0, 0.05) is 11.3 Å². The first-order valence-electron chi connectivity index (χ1n) is 10.0. The summed E-state index contributed by atoms with van der Waals surface area (Å²) < 4.78 is 62.2. The van der Waals surface area contributed by atoms with Gasteiger partial charge in [-0.15, -0.1) is 0 Å². The maximum atomic E-state index is 13.5. The molecule has 0 aliphatic rings. The lowest BCUT2D eigenvalue weighted by molar-refractivity contribution is -0.116. The van der Waals surface area contributed by atoms with Crippen LogP contribution in [0.5, 0.6) is 0 Å². The van der Waals surface area contributed by atoms with Crippen molar-refractivity contribution >= 4 is 27.3 Å². The second-order valence-corrected chi connectivity index (χ2v) is 9.60. The zero-order valence-electron chi connectivity index (χ0n) is 18.2. The number of nitrogens with two attached hydrogens (primary N) is 1. The number of hydrogen-bond acceptors (Lipinski definition) is 4. The molecule has 0 aromatic heterocycles.